The van der Waals surface area contributed by atoms with Gasteiger partial charge in [-0.25, -0.2) is 9.98 Å². The molecule has 1 aliphatic rings. The molecule has 7 heteroatoms. The summed E-state index contributed by atoms with van der Waals surface area (Å²) in [5.41, 5.74) is 4.22. The van der Waals surface area contributed by atoms with Crippen LogP contribution in [0, 0.1) is 12.8 Å². The van der Waals surface area contributed by atoms with Gasteiger partial charge in [0.05, 0.1) is 13.7 Å². The molecule has 3 aromatic rings. The molecule has 4 rings (SSSR count). The van der Waals surface area contributed by atoms with Crippen molar-refractivity contribution in [3.05, 3.63) is 66.1 Å². The van der Waals surface area contributed by atoms with E-state index in [1.807, 2.05) is 24.3 Å². The summed E-state index contributed by atoms with van der Waals surface area (Å²) >= 11 is 0. The normalized spacial score (nSPS) is 16.2. The Morgan fingerprint density at radius 2 is 2.06 bits per heavy atom. The zero-order valence-electron chi connectivity index (χ0n) is 19.7. The molecule has 0 aliphatic carbocycles. The van der Waals surface area contributed by atoms with E-state index in [0.29, 0.717) is 18.4 Å². The van der Waals surface area contributed by atoms with Gasteiger partial charge in [-0.15, -0.1) is 0 Å². The number of ether oxygens (including phenoxy) is 1. The molecule has 0 spiro atoms. The number of anilines is 1. The zero-order valence-corrected chi connectivity index (χ0v) is 19.7. The van der Waals surface area contributed by atoms with Gasteiger partial charge in [-0.05, 0) is 50.5 Å². The third kappa shape index (κ3) is 6.06. The number of aryl methyl sites for hydroxylation is 1. The van der Waals surface area contributed by atoms with Crippen molar-refractivity contribution in [3.8, 4) is 17.2 Å². The van der Waals surface area contributed by atoms with Crippen LogP contribution in [0.2, 0.25) is 0 Å². The number of rotatable bonds is 8. The number of aliphatic imine (C=N–C) groups is 1. The molecule has 7 nitrogen and oxygen atoms in total. The molecule has 2 heterocycles. The third-order valence-corrected chi connectivity index (χ3v) is 5.86. The summed E-state index contributed by atoms with van der Waals surface area (Å²) in [7, 11) is 1.71. The lowest BCUT2D eigenvalue weighted by Gasteiger charge is -2.20. The number of methoxy groups -OCH3 is 1. The molecule has 0 saturated carbocycles. The van der Waals surface area contributed by atoms with Gasteiger partial charge in [-0.2, -0.15) is 0 Å². The van der Waals surface area contributed by atoms with Crippen molar-refractivity contribution in [2.45, 2.75) is 26.8 Å². The van der Waals surface area contributed by atoms with Crippen molar-refractivity contribution in [2.24, 2.45) is 10.9 Å². The second kappa shape index (κ2) is 10.9. The number of benzene rings is 2. The van der Waals surface area contributed by atoms with Crippen LogP contribution in [0.5, 0.6) is 5.75 Å². The Balaban J connectivity index is 1.31. The maximum absolute atomic E-state index is 5.66. The van der Waals surface area contributed by atoms with Gasteiger partial charge in [0.25, 0.3) is 0 Å². The number of hydrogen-bond acceptors (Lipinski definition) is 5. The molecule has 0 amide bonds. The summed E-state index contributed by atoms with van der Waals surface area (Å²) in [6.07, 6.45) is 2.83. The molecule has 1 aliphatic heterocycles. The lowest BCUT2D eigenvalue weighted by molar-refractivity contribution is 0.415. The van der Waals surface area contributed by atoms with Gasteiger partial charge in [0.2, 0.25) is 5.89 Å². The lowest BCUT2D eigenvalue weighted by Crippen LogP contribution is -2.40. The lowest BCUT2D eigenvalue weighted by atomic mass is 10.1. The number of guanidine groups is 1. The van der Waals surface area contributed by atoms with Crippen LogP contribution in [-0.4, -0.2) is 44.2 Å². The van der Waals surface area contributed by atoms with E-state index in [-0.39, 0.29) is 0 Å². The molecule has 33 heavy (non-hydrogen) atoms. The van der Waals surface area contributed by atoms with Crippen LogP contribution in [0.25, 0.3) is 11.5 Å². The molecule has 0 bridgehead atoms. The van der Waals surface area contributed by atoms with Crippen molar-refractivity contribution in [2.75, 3.05) is 38.2 Å². The highest BCUT2D eigenvalue weighted by Crippen LogP contribution is 2.26. The van der Waals surface area contributed by atoms with Gasteiger partial charge >= 0.3 is 0 Å². The number of nitrogens with one attached hydrogen (secondary N) is 2. The van der Waals surface area contributed by atoms with Crippen LogP contribution in [0.4, 0.5) is 5.69 Å². The van der Waals surface area contributed by atoms with E-state index in [1.165, 1.54) is 11.3 Å². The Labute approximate surface area is 195 Å². The summed E-state index contributed by atoms with van der Waals surface area (Å²) < 4.78 is 11.0. The molecule has 1 atom stereocenters. The topological polar surface area (TPSA) is 74.9 Å². The molecular formula is C26H33N5O2. The molecule has 174 valence electrons. The van der Waals surface area contributed by atoms with E-state index < -0.39 is 0 Å². The van der Waals surface area contributed by atoms with E-state index in [0.717, 1.165) is 55.6 Å². The Morgan fingerprint density at radius 1 is 1.21 bits per heavy atom. The summed E-state index contributed by atoms with van der Waals surface area (Å²) in [5, 5.41) is 6.83. The largest absolute Gasteiger partial charge is 0.497 e. The van der Waals surface area contributed by atoms with E-state index in [2.05, 4.69) is 58.6 Å². The molecule has 1 fully saturated rings. The van der Waals surface area contributed by atoms with Crippen LogP contribution in [-0.2, 0) is 6.54 Å². The number of oxazole rings is 1. The average molecular weight is 448 g/mol. The van der Waals surface area contributed by atoms with Gasteiger partial charge in [0.1, 0.15) is 17.7 Å². The first-order chi connectivity index (χ1) is 16.1. The minimum Gasteiger partial charge on any atom is -0.497 e. The van der Waals surface area contributed by atoms with Crippen LogP contribution in [0.1, 0.15) is 24.6 Å². The first-order valence-electron chi connectivity index (χ1n) is 11.6. The van der Waals surface area contributed by atoms with Crippen molar-refractivity contribution in [1.29, 1.82) is 0 Å². The quantitative estimate of drug-likeness (QED) is 0.397. The molecule has 2 aromatic carbocycles. The van der Waals surface area contributed by atoms with Crippen molar-refractivity contribution < 1.29 is 9.15 Å². The zero-order chi connectivity index (χ0) is 23.0. The molecule has 1 saturated heterocycles. The van der Waals surface area contributed by atoms with Gasteiger partial charge in [0, 0.05) is 43.5 Å². The van der Waals surface area contributed by atoms with Crippen LogP contribution < -0.4 is 20.3 Å². The summed E-state index contributed by atoms with van der Waals surface area (Å²) in [6, 6.07) is 16.4. The van der Waals surface area contributed by atoms with Crippen molar-refractivity contribution in [1.82, 2.24) is 15.6 Å². The van der Waals surface area contributed by atoms with E-state index in [1.54, 1.807) is 13.4 Å². The Morgan fingerprint density at radius 3 is 2.85 bits per heavy atom. The van der Waals surface area contributed by atoms with Crippen LogP contribution in [0.3, 0.4) is 0 Å². The smallest absolute Gasteiger partial charge is 0.226 e. The van der Waals surface area contributed by atoms with Crippen molar-refractivity contribution >= 4 is 11.6 Å². The summed E-state index contributed by atoms with van der Waals surface area (Å²) in [6.45, 7) is 8.35. The molecular weight excluding hydrogens is 414 g/mol. The number of nitrogens with zero attached hydrogens (tertiary/aromatic N) is 3. The minimum atomic E-state index is 0.464. The fourth-order valence-corrected chi connectivity index (χ4v) is 3.99. The highest BCUT2D eigenvalue weighted by Gasteiger charge is 2.23. The van der Waals surface area contributed by atoms with Gasteiger partial charge < -0.3 is 24.7 Å². The third-order valence-electron chi connectivity index (χ3n) is 5.86. The van der Waals surface area contributed by atoms with E-state index in [4.69, 9.17) is 14.1 Å². The number of hydrogen-bond donors (Lipinski definition) is 2. The highest BCUT2D eigenvalue weighted by atomic mass is 16.5. The van der Waals surface area contributed by atoms with E-state index in [9.17, 15) is 0 Å². The minimum absolute atomic E-state index is 0.464. The second-order valence-corrected chi connectivity index (χ2v) is 8.39. The molecule has 0 radical (unpaired) electrons. The molecule has 1 aromatic heterocycles. The number of aromatic nitrogens is 1. The van der Waals surface area contributed by atoms with Crippen LogP contribution in [0.15, 0.2) is 64.2 Å². The summed E-state index contributed by atoms with van der Waals surface area (Å²) in [4.78, 5) is 11.7. The molecule has 1 unspecified atom stereocenters. The first-order valence-corrected chi connectivity index (χ1v) is 11.6. The predicted octanol–water partition coefficient (Wildman–Crippen LogP) is 4.24. The van der Waals surface area contributed by atoms with Gasteiger partial charge in [0.15, 0.2) is 5.96 Å². The Kier molecular flexibility index (Phi) is 7.50. The van der Waals surface area contributed by atoms with Crippen LogP contribution >= 0.6 is 0 Å². The Bertz CT molecular complexity index is 1060. The predicted molar refractivity (Wildman–Crippen MR) is 133 cm³/mol. The van der Waals surface area contributed by atoms with Gasteiger partial charge in [-0.3, -0.25) is 0 Å². The maximum Gasteiger partial charge on any atom is 0.226 e. The fourth-order valence-electron chi connectivity index (χ4n) is 3.99. The SMILES string of the molecule is CCNC(=NCc1coc(-c2ccc(C)cc2)n1)NCC1CCN(c2cccc(OC)c2)C1. The van der Waals surface area contributed by atoms with Crippen molar-refractivity contribution in [3.63, 3.8) is 0 Å². The standard InChI is InChI=1S/C26H33N5O2/c1-4-27-26(29-16-22-18-33-25(30-22)21-10-8-19(2)9-11-21)28-15-20-12-13-31(17-20)23-6-5-7-24(14-23)32-3/h5-11,14,18,20H,4,12-13,15-17H2,1-3H3,(H2,27,28,29). The first kappa shape index (κ1) is 22.7. The fraction of sp³-hybridized carbons (Fsp3) is 0.385. The molecule has 2 N–H and O–H groups in total. The van der Waals surface area contributed by atoms with E-state index >= 15 is 0 Å². The Hall–Kier alpha value is -3.48. The van der Waals surface area contributed by atoms with Gasteiger partial charge in [-0.1, -0.05) is 23.8 Å². The second-order valence-electron chi connectivity index (χ2n) is 8.39. The average Bonchev–Trinajstić information content (AvgIpc) is 3.51. The summed E-state index contributed by atoms with van der Waals surface area (Å²) in [5.74, 6) is 2.88. The monoisotopic (exact) mass is 447 g/mol. The highest BCUT2D eigenvalue weighted by molar-refractivity contribution is 5.79. The maximum atomic E-state index is 5.66.